The molecule has 0 saturated carbocycles. The molecule has 0 aliphatic carbocycles. The molecule has 0 fully saturated rings. The summed E-state index contributed by atoms with van der Waals surface area (Å²) >= 11 is 6.03. The summed E-state index contributed by atoms with van der Waals surface area (Å²) in [6.45, 7) is 0.912. The van der Waals surface area contributed by atoms with Crippen molar-refractivity contribution in [1.29, 1.82) is 0 Å². The van der Waals surface area contributed by atoms with Crippen molar-refractivity contribution in [3.63, 3.8) is 0 Å². The summed E-state index contributed by atoms with van der Waals surface area (Å²) in [5.41, 5.74) is 1.74. The predicted octanol–water partition coefficient (Wildman–Crippen LogP) is 3.14. The SMILES string of the molecule is O=C(COCc1ccccc1Cl)OCCCn1nnc(-c2ccccc2)n1. The smallest absolute Gasteiger partial charge is 0.332 e. The molecule has 0 aliphatic rings. The number of esters is 1. The highest BCUT2D eigenvalue weighted by Gasteiger charge is 2.07. The highest BCUT2D eigenvalue weighted by atomic mass is 35.5. The lowest BCUT2D eigenvalue weighted by Gasteiger charge is -2.07. The van der Waals surface area contributed by atoms with Crippen molar-refractivity contribution in [3.05, 3.63) is 65.2 Å². The molecule has 0 atom stereocenters. The van der Waals surface area contributed by atoms with Crippen LogP contribution in [0.25, 0.3) is 11.4 Å². The van der Waals surface area contributed by atoms with Gasteiger partial charge in [0.25, 0.3) is 0 Å². The third kappa shape index (κ3) is 5.87. The average molecular weight is 387 g/mol. The maximum Gasteiger partial charge on any atom is 0.332 e. The molecule has 0 unspecified atom stereocenters. The van der Waals surface area contributed by atoms with E-state index in [1.807, 2.05) is 48.5 Å². The van der Waals surface area contributed by atoms with E-state index < -0.39 is 5.97 Å². The Morgan fingerprint density at radius 2 is 1.85 bits per heavy atom. The zero-order valence-corrected chi connectivity index (χ0v) is 15.4. The normalized spacial score (nSPS) is 10.7. The van der Waals surface area contributed by atoms with Crippen LogP contribution >= 0.6 is 11.6 Å². The number of aryl methyl sites for hydroxylation is 1. The van der Waals surface area contributed by atoms with Crippen LogP contribution in [0.3, 0.4) is 0 Å². The van der Waals surface area contributed by atoms with Crippen molar-refractivity contribution in [1.82, 2.24) is 20.2 Å². The summed E-state index contributed by atoms with van der Waals surface area (Å²) in [7, 11) is 0. The molecule has 1 aromatic heterocycles. The van der Waals surface area contributed by atoms with E-state index >= 15 is 0 Å². The monoisotopic (exact) mass is 386 g/mol. The molecule has 0 spiro atoms. The van der Waals surface area contributed by atoms with Crippen LogP contribution in [0.15, 0.2) is 54.6 Å². The Hall–Kier alpha value is -2.77. The van der Waals surface area contributed by atoms with Gasteiger partial charge in [0.2, 0.25) is 5.82 Å². The molecule has 7 nitrogen and oxygen atoms in total. The van der Waals surface area contributed by atoms with Crippen LogP contribution in [0.1, 0.15) is 12.0 Å². The van der Waals surface area contributed by atoms with E-state index in [1.54, 1.807) is 6.07 Å². The molecular weight excluding hydrogens is 368 g/mol. The lowest BCUT2D eigenvalue weighted by molar-refractivity contribution is -0.149. The lowest BCUT2D eigenvalue weighted by atomic mass is 10.2. The fourth-order valence-corrected chi connectivity index (χ4v) is 2.52. The predicted molar refractivity (Wildman–Crippen MR) is 99.9 cm³/mol. The van der Waals surface area contributed by atoms with Crippen LogP contribution in [-0.2, 0) is 27.4 Å². The van der Waals surface area contributed by atoms with E-state index in [-0.39, 0.29) is 19.8 Å². The van der Waals surface area contributed by atoms with E-state index in [2.05, 4.69) is 15.4 Å². The molecule has 3 rings (SSSR count). The minimum absolute atomic E-state index is 0.120. The highest BCUT2D eigenvalue weighted by Crippen LogP contribution is 2.15. The number of aromatic nitrogens is 4. The van der Waals surface area contributed by atoms with Gasteiger partial charge in [-0.3, -0.25) is 0 Å². The van der Waals surface area contributed by atoms with Crippen molar-refractivity contribution >= 4 is 17.6 Å². The number of halogens is 1. The summed E-state index contributed by atoms with van der Waals surface area (Å²) < 4.78 is 10.5. The van der Waals surface area contributed by atoms with E-state index in [9.17, 15) is 4.79 Å². The minimum Gasteiger partial charge on any atom is -0.464 e. The van der Waals surface area contributed by atoms with Gasteiger partial charge in [0, 0.05) is 17.0 Å². The van der Waals surface area contributed by atoms with E-state index in [1.165, 1.54) is 4.80 Å². The number of carbonyl (C=O) groups is 1. The fraction of sp³-hybridized carbons (Fsp3) is 0.263. The number of benzene rings is 2. The number of carbonyl (C=O) groups excluding carboxylic acids is 1. The Morgan fingerprint density at radius 3 is 2.67 bits per heavy atom. The first kappa shape index (κ1) is 19.0. The molecule has 8 heteroatoms. The molecule has 0 amide bonds. The second-order valence-electron chi connectivity index (χ2n) is 5.73. The van der Waals surface area contributed by atoms with Crippen molar-refractivity contribution in [2.24, 2.45) is 0 Å². The zero-order valence-electron chi connectivity index (χ0n) is 14.6. The zero-order chi connectivity index (χ0) is 18.9. The number of hydrogen-bond acceptors (Lipinski definition) is 6. The Labute approximate surface area is 161 Å². The first-order valence-electron chi connectivity index (χ1n) is 8.52. The van der Waals surface area contributed by atoms with Crippen molar-refractivity contribution in [2.75, 3.05) is 13.2 Å². The second-order valence-corrected chi connectivity index (χ2v) is 6.14. The Bertz CT molecular complexity index is 870. The van der Waals surface area contributed by atoms with Gasteiger partial charge < -0.3 is 9.47 Å². The fourth-order valence-electron chi connectivity index (χ4n) is 2.33. The number of hydrogen-bond donors (Lipinski definition) is 0. The van der Waals surface area contributed by atoms with Gasteiger partial charge in [-0.15, -0.1) is 10.2 Å². The molecule has 3 aromatic rings. The Kier molecular flexibility index (Phi) is 6.90. The van der Waals surface area contributed by atoms with Crippen LogP contribution < -0.4 is 0 Å². The number of rotatable bonds is 9. The van der Waals surface area contributed by atoms with E-state index in [0.717, 1.165) is 11.1 Å². The largest absolute Gasteiger partial charge is 0.464 e. The number of nitrogens with zero attached hydrogens (tertiary/aromatic N) is 4. The van der Waals surface area contributed by atoms with Gasteiger partial charge in [0.1, 0.15) is 6.61 Å². The molecule has 0 radical (unpaired) electrons. The van der Waals surface area contributed by atoms with Crippen molar-refractivity contribution in [3.8, 4) is 11.4 Å². The maximum absolute atomic E-state index is 11.7. The summed E-state index contributed by atoms with van der Waals surface area (Å²) in [5.74, 6) is 0.152. The molecule has 2 aromatic carbocycles. The molecule has 140 valence electrons. The van der Waals surface area contributed by atoms with Crippen LogP contribution in [-0.4, -0.2) is 39.4 Å². The molecule has 1 heterocycles. The third-order valence-electron chi connectivity index (χ3n) is 3.69. The van der Waals surface area contributed by atoms with Crippen molar-refractivity contribution < 1.29 is 14.3 Å². The molecule has 0 bridgehead atoms. The average Bonchev–Trinajstić information content (AvgIpc) is 3.16. The van der Waals surface area contributed by atoms with Gasteiger partial charge in [0.15, 0.2) is 0 Å². The third-order valence-corrected chi connectivity index (χ3v) is 4.05. The summed E-state index contributed by atoms with van der Waals surface area (Å²) in [4.78, 5) is 13.2. The molecular formula is C19H19ClN4O3. The van der Waals surface area contributed by atoms with Crippen molar-refractivity contribution in [2.45, 2.75) is 19.6 Å². The maximum atomic E-state index is 11.7. The van der Waals surface area contributed by atoms with Crippen LogP contribution in [0.2, 0.25) is 5.02 Å². The van der Waals surface area contributed by atoms with Crippen LogP contribution in [0.5, 0.6) is 0 Å². The lowest BCUT2D eigenvalue weighted by Crippen LogP contribution is -2.15. The van der Waals surface area contributed by atoms with Gasteiger partial charge in [-0.1, -0.05) is 60.1 Å². The van der Waals surface area contributed by atoms with Gasteiger partial charge in [-0.05, 0) is 16.8 Å². The van der Waals surface area contributed by atoms with E-state index in [0.29, 0.717) is 23.8 Å². The first-order valence-corrected chi connectivity index (χ1v) is 8.90. The van der Waals surface area contributed by atoms with Gasteiger partial charge in [0.05, 0.1) is 19.8 Å². The summed E-state index contributed by atoms with van der Waals surface area (Å²) in [5, 5.41) is 12.9. The topological polar surface area (TPSA) is 79.1 Å². The summed E-state index contributed by atoms with van der Waals surface area (Å²) in [6, 6.07) is 16.9. The van der Waals surface area contributed by atoms with Gasteiger partial charge in [-0.25, -0.2) is 4.79 Å². The molecule has 0 saturated heterocycles. The molecule has 27 heavy (non-hydrogen) atoms. The number of ether oxygens (including phenoxy) is 2. The minimum atomic E-state index is -0.418. The first-order chi connectivity index (χ1) is 13.2. The molecule has 0 N–H and O–H groups in total. The van der Waals surface area contributed by atoms with Crippen LogP contribution in [0, 0.1) is 0 Å². The highest BCUT2D eigenvalue weighted by molar-refractivity contribution is 6.31. The Balaban J connectivity index is 1.32. The van der Waals surface area contributed by atoms with E-state index in [4.69, 9.17) is 21.1 Å². The summed E-state index contributed by atoms with van der Waals surface area (Å²) in [6.07, 6.45) is 0.584. The molecule has 0 aliphatic heterocycles. The second kappa shape index (κ2) is 9.80. The van der Waals surface area contributed by atoms with Gasteiger partial charge in [-0.2, -0.15) is 4.80 Å². The quantitative estimate of drug-likeness (QED) is 0.415. The number of tetrazole rings is 1. The Morgan fingerprint density at radius 1 is 1.07 bits per heavy atom. The van der Waals surface area contributed by atoms with Crippen LogP contribution in [0.4, 0.5) is 0 Å². The standard InChI is InChI=1S/C19H19ClN4O3/c20-17-10-5-4-9-16(17)13-26-14-18(25)27-12-6-11-24-22-19(21-23-24)15-7-2-1-3-8-15/h1-5,7-10H,6,11-14H2. The van der Waals surface area contributed by atoms with Gasteiger partial charge >= 0.3 is 5.97 Å².